The average molecular weight is 376 g/mol. The zero-order valence-electron chi connectivity index (χ0n) is 16.0. The van der Waals surface area contributed by atoms with E-state index in [0.717, 1.165) is 39.6 Å². The largest absolute Gasteiger partial charge is 0.480 e. The smallest absolute Gasteiger partial charge is 0.322 e. The molecular formula is C22H24N4O2. The highest BCUT2D eigenvalue weighted by Crippen LogP contribution is 2.33. The van der Waals surface area contributed by atoms with Gasteiger partial charge in [-0.25, -0.2) is 0 Å². The summed E-state index contributed by atoms with van der Waals surface area (Å²) >= 11 is 0. The molecule has 6 nitrogen and oxygen atoms in total. The van der Waals surface area contributed by atoms with Crippen LogP contribution in [0.25, 0.3) is 0 Å². The lowest BCUT2D eigenvalue weighted by atomic mass is 10.0. The van der Waals surface area contributed by atoms with Gasteiger partial charge in [-0.1, -0.05) is 24.3 Å². The number of nitrogens with one attached hydrogen (secondary N) is 2. The third kappa shape index (κ3) is 4.79. The van der Waals surface area contributed by atoms with Crippen LogP contribution in [0.15, 0.2) is 70.9 Å². The number of carboxylic acids is 1. The highest BCUT2D eigenvalue weighted by molar-refractivity contribution is 6.01. The van der Waals surface area contributed by atoms with Gasteiger partial charge in [-0.15, -0.1) is 0 Å². The molecule has 3 rings (SSSR count). The number of aryl methyl sites for hydroxylation is 1. The molecule has 0 radical (unpaired) electrons. The monoisotopic (exact) mass is 376 g/mol. The number of aliphatic carboxylic acids is 1. The summed E-state index contributed by atoms with van der Waals surface area (Å²) in [6, 6.07) is 13.7. The van der Waals surface area contributed by atoms with E-state index in [1.807, 2.05) is 68.5 Å². The number of allylic oxidation sites excluding steroid dienone is 3. The molecule has 144 valence electrons. The van der Waals surface area contributed by atoms with Crippen LogP contribution in [0.2, 0.25) is 0 Å². The van der Waals surface area contributed by atoms with Gasteiger partial charge < -0.3 is 21.5 Å². The van der Waals surface area contributed by atoms with Gasteiger partial charge in [0.2, 0.25) is 0 Å². The molecule has 0 aromatic heterocycles. The van der Waals surface area contributed by atoms with Crippen LogP contribution >= 0.6 is 0 Å². The molecule has 0 unspecified atom stereocenters. The molecule has 0 heterocycles. The van der Waals surface area contributed by atoms with Crippen LogP contribution in [0.4, 0.5) is 22.7 Å². The van der Waals surface area contributed by atoms with Crippen molar-refractivity contribution in [1.29, 1.82) is 0 Å². The Bertz CT molecular complexity index is 976. The van der Waals surface area contributed by atoms with Crippen molar-refractivity contribution in [2.45, 2.75) is 20.3 Å². The van der Waals surface area contributed by atoms with Crippen LogP contribution in [0.3, 0.4) is 0 Å². The number of nitrogen functional groups attached to an aromatic ring is 1. The number of para-hydroxylation sites is 1. The number of carboxylic acid groups (broad SMARTS) is 1. The molecule has 0 fully saturated rings. The molecule has 0 saturated heterocycles. The normalized spacial score (nSPS) is 15.0. The molecule has 28 heavy (non-hydrogen) atoms. The Morgan fingerprint density at radius 1 is 1.21 bits per heavy atom. The van der Waals surface area contributed by atoms with Crippen molar-refractivity contribution in [2.24, 2.45) is 4.99 Å². The number of aliphatic imine (C=N–C) groups is 1. The SMILES string of the molecule is CC1=CC(=Nc2cc(C)c(N)cc2Nc2ccccc2)CC=C1NCC(=O)O. The van der Waals surface area contributed by atoms with Crippen molar-refractivity contribution in [3.8, 4) is 0 Å². The maximum atomic E-state index is 10.8. The van der Waals surface area contributed by atoms with E-state index in [0.29, 0.717) is 12.1 Å². The third-order valence-corrected chi connectivity index (χ3v) is 4.45. The van der Waals surface area contributed by atoms with E-state index in [-0.39, 0.29) is 6.54 Å². The first-order valence-corrected chi connectivity index (χ1v) is 9.06. The zero-order valence-corrected chi connectivity index (χ0v) is 16.0. The summed E-state index contributed by atoms with van der Waals surface area (Å²) in [7, 11) is 0. The third-order valence-electron chi connectivity index (χ3n) is 4.45. The number of rotatable bonds is 6. The predicted molar refractivity (Wildman–Crippen MR) is 115 cm³/mol. The number of hydrogen-bond acceptors (Lipinski definition) is 5. The van der Waals surface area contributed by atoms with Crippen LogP contribution < -0.4 is 16.4 Å². The minimum Gasteiger partial charge on any atom is -0.480 e. The fourth-order valence-electron chi connectivity index (χ4n) is 2.95. The molecule has 0 saturated carbocycles. The first-order valence-electron chi connectivity index (χ1n) is 9.06. The van der Waals surface area contributed by atoms with Crippen LogP contribution in [0.1, 0.15) is 18.9 Å². The van der Waals surface area contributed by atoms with E-state index in [9.17, 15) is 4.79 Å². The fourth-order valence-corrected chi connectivity index (χ4v) is 2.95. The summed E-state index contributed by atoms with van der Waals surface area (Å²) in [5, 5.41) is 15.1. The Morgan fingerprint density at radius 3 is 2.64 bits per heavy atom. The van der Waals surface area contributed by atoms with E-state index in [1.165, 1.54) is 0 Å². The van der Waals surface area contributed by atoms with Gasteiger partial charge in [-0.2, -0.15) is 0 Å². The van der Waals surface area contributed by atoms with E-state index in [4.69, 9.17) is 15.8 Å². The van der Waals surface area contributed by atoms with Gasteiger partial charge in [-0.05, 0) is 55.3 Å². The summed E-state index contributed by atoms with van der Waals surface area (Å²) in [6.45, 7) is 3.79. The van der Waals surface area contributed by atoms with Crippen molar-refractivity contribution in [1.82, 2.24) is 5.32 Å². The first kappa shape index (κ1) is 19.2. The first-order chi connectivity index (χ1) is 13.4. The molecule has 0 bridgehead atoms. The number of hydrogen-bond donors (Lipinski definition) is 4. The second-order valence-electron chi connectivity index (χ2n) is 6.72. The summed E-state index contributed by atoms with van der Waals surface area (Å²) in [5.41, 5.74) is 13.1. The Hall–Kier alpha value is -3.54. The van der Waals surface area contributed by atoms with Crippen LogP contribution in [-0.4, -0.2) is 23.3 Å². The second kappa shape index (κ2) is 8.43. The van der Waals surface area contributed by atoms with Crippen molar-refractivity contribution < 1.29 is 9.90 Å². The molecule has 0 amide bonds. The quantitative estimate of drug-likeness (QED) is 0.563. The van der Waals surface area contributed by atoms with E-state index in [1.54, 1.807) is 0 Å². The zero-order chi connectivity index (χ0) is 20.1. The minimum absolute atomic E-state index is 0.105. The van der Waals surface area contributed by atoms with E-state index in [2.05, 4.69) is 10.6 Å². The molecular weight excluding hydrogens is 352 g/mol. The van der Waals surface area contributed by atoms with Gasteiger partial charge >= 0.3 is 5.97 Å². The van der Waals surface area contributed by atoms with Crippen molar-refractivity contribution in [3.05, 3.63) is 71.5 Å². The van der Waals surface area contributed by atoms with Gasteiger partial charge in [0, 0.05) is 29.2 Å². The summed E-state index contributed by atoms with van der Waals surface area (Å²) in [4.78, 5) is 15.6. The summed E-state index contributed by atoms with van der Waals surface area (Å²) in [5.74, 6) is -0.887. The standard InChI is InChI=1S/C22H24N4O2/c1-14-11-20(21(12-18(14)23)25-16-6-4-3-5-7-16)26-17-8-9-19(15(2)10-17)24-13-22(27)28/h3-7,9-12,24-25H,8,13,23H2,1-2H3,(H,27,28). The van der Waals surface area contributed by atoms with Crippen molar-refractivity contribution in [3.63, 3.8) is 0 Å². The van der Waals surface area contributed by atoms with Gasteiger partial charge in [0.25, 0.3) is 0 Å². The molecule has 5 N–H and O–H groups in total. The second-order valence-corrected chi connectivity index (χ2v) is 6.72. The topological polar surface area (TPSA) is 99.7 Å². The molecule has 0 aliphatic heterocycles. The molecule has 6 heteroatoms. The number of benzene rings is 2. The molecule has 2 aromatic carbocycles. The highest BCUT2D eigenvalue weighted by Gasteiger charge is 2.12. The van der Waals surface area contributed by atoms with Crippen LogP contribution in [0, 0.1) is 6.92 Å². The summed E-state index contributed by atoms with van der Waals surface area (Å²) < 4.78 is 0. The average Bonchev–Trinajstić information content (AvgIpc) is 2.66. The Labute approximate surface area is 164 Å². The maximum absolute atomic E-state index is 10.8. The number of nitrogens with zero attached hydrogens (tertiary/aromatic N) is 1. The molecule has 1 aliphatic rings. The lowest BCUT2D eigenvalue weighted by Crippen LogP contribution is -2.24. The van der Waals surface area contributed by atoms with Crippen molar-refractivity contribution in [2.75, 3.05) is 17.6 Å². The lowest BCUT2D eigenvalue weighted by Gasteiger charge is -2.17. The predicted octanol–water partition coefficient (Wildman–Crippen LogP) is 4.30. The summed E-state index contributed by atoms with van der Waals surface area (Å²) in [6.07, 6.45) is 4.56. The van der Waals surface area contributed by atoms with Gasteiger partial charge in [0.15, 0.2) is 0 Å². The molecule has 0 spiro atoms. The Kier molecular flexibility index (Phi) is 5.79. The van der Waals surface area contributed by atoms with Crippen molar-refractivity contribution >= 4 is 34.4 Å². The van der Waals surface area contributed by atoms with E-state index < -0.39 is 5.97 Å². The van der Waals surface area contributed by atoms with Crippen LogP contribution in [0.5, 0.6) is 0 Å². The fraction of sp³-hybridized carbons (Fsp3) is 0.182. The Morgan fingerprint density at radius 2 is 1.96 bits per heavy atom. The van der Waals surface area contributed by atoms with E-state index >= 15 is 0 Å². The van der Waals surface area contributed by atoms with Crippen LogP contribution in [-0.2, 0) is 4.79 Å². The molecule has 0 atom stereocenters. The van der Waals surface area contributed by atoms with Gasteiger partial charge in [0.1, 0.15) is 6.54 Å². The van der Waals surface area contributed by atoms with Gasteiger partial charge in [0.05, 0.1) is 11.4 Å². The lowest BCUT2D eigenvalue weighted by molar-refractivity contribution is -0.135. The molecule has 1 aliphatic carbocycles. The van der Waals surface area contributed by atoms with Gasteiger partial charge in [-0.3, -0.25) is 9.79 Å². The number of nitrogens with two attached hydrogens (primary N) is 1. The maximum Gasteiger partial charge on any atom is 0.322 e. The Balaban J connectivity index is 1.87. The minimum atomic E-state index is -0.887. The highest BCUT2D eigenvalue weighted by atomic mass is 16.4. The number of carbonyl (C=O) groups is 1. The number of anilines is 3. The molecule has 2 aromatic rings.